The number of aromatic nitrogens is 1. The molecule has 34 heavy (non-hydrogen) atoms. The van der Waals surface area contributed by atoms with Gasteiger partial charge in [0.1, 0.15) is 28.9 Å². The van der Waals surface area contributed by atoms with Gasteiger partial charge in [-0.15, -0.1) is 0 Å². The van der Waals surface area contributed by atoms with E-state index in [1.54, 1.807) is 12.1 Å². The molecule has 0 saturated carbocycles. The summed E-state index contributed by atoms with van der Waals surface area (Å²) < 4.78 is 79.0. The minimum absolute atomic E-state index is 0.0122. The van der Waals surface area contributed by atoms with Crippen molar-refractivity contribution in [3.8, 4) is 22.8 Å². The SMILES string of the molecule is NC1=NC(CF)(c2cc(Oc3cc(-c4ccccc4)cc(Cl)n3)ccc2F)CC(C(F)(F)F)O1. The molecule has 2 N–H and O–H groups in total. The van der Waals surface area contributed by atoms with E-state index in [0.717, 1.165) is 17.7 Å². The Labute approximate surface area is 196 Å². The fourth-order valence-electron chi connectivity index (χ4n) is 3.65. The summed E-state index contributed by atoms with van der Waals surface area (Å²) in [5.74, 6) is -0.948. The van der Waals surface area contributed by atoms with E-state index in [2.05, 4.69) is 14.7 Å². The first kappa shape index (κ1) is 23.7. The number of nitrogens with two attached hydrogens (primary N) is 1. The van der Waals surface area contributed by atoms with Gasteiger partial charge in [0, 0.05) is 18.1 Å². The lowest BCUT2D eigenvalue weighted by Gasteiger charge is -2.36. The van der Waals surface area contributed by atoms with Crippen LogP contribution < -0.4 is 10.5 Å². The van der Waals surface area contributed by atoms with Crippen molar-refractivity contribution in [2.24, 2.45) is 10.7 Å². The molecular formula is C23H17ClF5N3O2. The van der Waals surface area contributed by atoms with Gasteiger partial charge in [0.25, 0.3) is 6.02 Å². The summed E-state index contributed by atoms with van der Waals surface area (Å²) >= 11 is 6.11. The fourth-order valence-corrected chi connectivity index (χ4v) is 3.85. The van der Waals surface area contributed by atoms with Gasteiger partial charge >= 0.3 is 6.18 Å². The maximum absolute atomic E-state index is 14.7. The zero-order valence-corrected chi connectivity index (χ0v) is 18.1. The average molecular weight is 498 g/mol. The monoisotopic (exact) mass is 497 g/mol. The first-order valence-corrected chi connectivity index (χ1v) is 10.3. The number of pyridine rings is 1. The average Bonchev–Trinajstić information content (AvgIpc) is 2.79. The summed E-state index contributed by atoms with van der Waals surface area (Å²) in [6.07, 6.45) is -8.31. The molecular weight excluding hydrogens is 481 g/mol. The standard InChI is InChI=1S/C23H17ClF5N3O2/c24-19-8-14(13-4-2-1-3-5-13)9-20(31-19)33-15-6-7-17(26)16(10-15)22(12-25)11-18(23(27,28)29)34-21(30)32-22/h1-10,18H,11-12H2,(H2,30,32). The lowest BCUT2D eigenvalue weighted by molar-refractivity contribution is -0.209. The molecule has 0 spiro atoms. The second kappa shape index (κ2) is 9.09. The lowest BCUT2D eigenvalue weighted by atomic mass is 9.84. The van der Waals surface area contributed by atoms with Gasteiger partial charge in [0.05, 0.1) is 0 Å². The predicted octanol–water partition coefficient (Wildman–Crippen LogP) is 6.16. The van der Waals surface area contributed by atoms with Crippen molar-refractivity contribution in [2.45, 2.75) is 24.2 Å². The molecule has 4 rings (SSSR count). The normalized spacial score (nSPS) is 20.4. The van der Waals surface area contributed by atoms with E-state index in [9.17, 15) is 22.0 Å². The Morgan fingerprint density at radius 1 is 1.09 bits per heavy atom. The third-order valence-electron chi connectivity index (χ3n) is 5.24. The van der Waals surface area contributed by atoms with E-state index in [1.165, 1.54) is 6.07 Å². The molecule has 0 fully saturated rings. The predicted molar refractivity (Wildman–Crippen MR) is 116 cm³/mol. The van der Waals surface area contributed by atoms with Crippen LogP contribution >= 0.6 is 11.6 Å². The van der Waals surface area contributed by atoms with Gasteiger partial charge in [-0.1, -0.05) is 41.9 Å². The van der Waals surface area contributed by atoms with Crippen LogP contribution in [0.3, 0.4) is 0 Å². The number of rotatable bonds is 5. The van der Waals surface area contributed by atoms with Crippen molar-refractivity contribution in [3.63, 3.8) is 0 Å². The molecule has 5 nitrogen and oxygen atoms in total. The largest absolute Gasteiger partial charge is 0.452 e. The van der Waals surface area contributed by atoms with Gasteiger partial charge < -0.3 is 15.2 Å². The number of hydrogen-bond donors (Lipinski definition) is 1. The molecule has 2 heterocycles. The van der Waals surface area contributed by atoms with Gasteiger partial charge in [-0.2, -0.15) is 13.2 Å². The first-order valence-electron chi connectivity index (χ1n) is 9.95. The molecule has 2 unspecified atom stereocenters. The van der Waals surface area contributed by atoms with Crippen LogP contribution in [0.4, 0.5) is 22.0 Å². The second-order valence-corrected chi connectivity index (χ2v) is 7.98. The Bertz CT molecular complexity index is 1220. The Hall–Kier alpha value is -3.40. The molecule has 0 saturated heterocycles. The van der Waals surface area contributed by atoms with Gasteiger partial charge in [0.2, 0.25) is 5.88 Å². The molecule has 11 heteroatoms. The van der Waals surface area contributed by atoms with Gasteiger partial charge in [-0.25, -0.2) is 18.8 Å². The summed E-state index contributed by atoms with van der Waals surface area (Å²) in [6, 6.07) is 14.8. The number of hydrogen-bond acceptors (Lipinski definition) is 5. The molecule has 1 aromatic heterocycles. The number of benzene rings is 2. The minimum Gasteiger partial charge on any atom is -0.452 e. The van der Waals surface area contributed by atoms with Gasteiger partial charge in [-0.3, -0.25) is 0 Å². The summed E-state index contributed by atoms with van der Waals surface area (Å²) in [6.45, 7) is -1.45. The highest BCUT2D eigenvalue weighted by Crippen LogP contribution is 2.42. The fraction of sp³-hybridized carbons (Fsp3) is 0.217. The highest BCUT2D eigenvalue weighted by Gasteiger charge is 2.52. The van der Waals surface area contributed by atoms with E-state index < -0.39 is 48.3 Å². The Morgan fingerprint density at radius 2 is 1.82 bits per heavy atom. The molecule has 0 aliphatic carbocycles. The number of aliphatic imine (C=N–C) groups is 1. The van der Waals surface area contributed by atoms with Crippen LogP contribution in [0, 0.1) is 5.82 Å². The zero-order valence-electron chi connectivity index (χ0n) is 17.3. The molecule has 2 atom stereocenters. The number of nitrogens with zero attached hydrogens (tertiary/aromatic N) is 2. The van der Waals surface area contributed by atoms with Crippen molar-refractivity contribution in [1.82, 2.24) is 4.98 Å². The number of amidine groups is 1. The first-order chi connectivity index (χ1) is 16.1. The molecule has 1 aliphatic rings. The van der Waals surface area contributed by atoms with E-state index in [0.29, 0.717) is 5.56 Å². The third-order valence-corrected chi connectivity index (χ3v) is 5.43. The van der Waals surface area contributed by atoms with E-state index in [-0.39, 0.29) is 16.8 Å². The van der Waals surface area contributed by atoms with Crippen LogP contribution in [0.25, 0.3) is 11.1 Å². The summed E-state index contributed by atoms with van der Waals surface area (Å²) in [7, 11) is 0. The highest BCUT2D eigenvalue weighted by atomic mass is 35.5. The number of ether oxygens (including phenoxy) is 2. The minimum atomic E-state index is -4.86. The van der Waals surface area contributed by atoms with Crippen LogP contribution in [0.1, 0.15) is 12.0 Å². The lowest BCUT2D eigenvalue weighted by Crippen LogP contribution is -2.48. The molecule has 2 aromatic carbocycles. The van der Waals surface area contributed by atoms with Crippen molar-refractivity contribution < 1.29 is 31.4 Å². The van der Waals surface area contributed by atoms with Crippen LogP contribution in [0.2, 0.25) is 5.15 Å². The quantitative estimate of drug-likeness (QED) is 0.338. The smallest absolute Gasteiger partial charge is 0.425 e. The van der Waals surface area contributed by atoms with Crippen LogP contribution in [0.5, 0.6) is 11.6 Å². The van der Waals surface area contributed by atoms with E-state index >= 15 is 0 Å². The molecule has 0 radical (unpaired) electrons. The molecule has 0 bridgehead atoms. The van der Waals surface area contributed by atoms with Crippen molar-refractivity contribution in [3.05, 3.63) is 77.2 Å². The topological polar surface area (TPSA) is 69.7 Å². The van der Waals surface area contributed by atoms with Crippen LogP contribution in [-0.4, -0.2) is 30.0 Å². The van der Waals surface area contributed by atoms with Crippen molar-refractivity contribution in [1.29, 1.82) is 0 Å². The van der Waals surface area contributed by atoms with Crippen molar-refractivity contribution in [2.75, 3.05) is 6.67 Å². The molecule has 0 amide bonds. The Morgan fingerprint density at radius 3 is 2.50 bits per heavy atom. The molecule has 1 aliphatic heterocycles. The Balaban J connectivity index is 1.71. The third kappa shape index (κ3) is 4.91. The summed E-state index contributed by atoms with van der Waals surface area (Å²) in [5.41, 5.74) is 4.21. The van der Waals surface area contributed by atoms with E-state index in [4.69, 9.17) is 22.1 Å². The second-order valence-electron chi connectivity index (χ2n) is 7.59. The molecule has 178 valence electrons. The van der Waals surface area contributed by atoms with Gasteiger partial charge in [0.15, 0.2) is 6.10 Å². The highest BCUT2D eigenvalue weighted by molar-refractivity contribution is 6.29. The maximum atomic E-state index is 14.7. The van der Waals surface area contributed by atoms with Crippen LogP contribution in [0.15, 0.2) is 65.7 Å². The van der Waals surface area contributed by atoms with Crippen LogP contribution in [-0.2, 0) is 10.3 Å². The summed E-state index contributed by atoms with van der Waals surface area (Å²) in [5, 5.41) is 0.119. The zero-order chi connectivity index (χ0) is 24.5. The molecule has 3 aromatic rings. The maximum Gasteiger partial charge on any atom is 0.425 e. The number of alkyl halides is 4. The van der Waals surface area contributed by atoms with E-state index in [1.807, 2.05) is 30.3 Å². The van der Waals surface area contributed by atoms with Crippen molar-refractivity contribution >= 4 is 17.6 Å². The summed E-state index contributed by atoms with van der Waals surface area (Å²) in [4.78, 5) is 7.78. The van der Waals surface area contributed by atoms with Gasteiger partial charge in [-0.05, 0) is 35.4 Å². The number of halogens is 6. The Kier molecular flexibility index (Phi) is 6.35.